The number of methoxy groups -OCH3 is 2. The van der Waals surface area contributed by atoms with Gasteiger partial charge in [0.15, 0.2) is 0 Å². The van der Waals surface area contributed by atoms with Gasteiger partial charge in [0.1, 0.15) is 22.2 Å². The number of ether oxygens (including phenoxy) is 2. The van der Waals surface area contributed by atoms with Crippen molar-refractivity contribution in [3.8, 4) is 11.5 Å². The number of nitrogens with zero attached hydrogens (tertiary/aromatic N) is 1. The molecule has 0 aliphatic carbocycles. The van der Waals surface area contributed by atoms with Crippen LogP contribution in [0.25, 0.3) is 10.9 Å². The number of halogens is 1. The molecule has 0 unspecified atom stereocenters. The van der Waals surface area contributed by atoms with Gasteiger partial charge in [0.05, 0.1) is 19.7 Å². The van der Waals surface area contributed by atoms with Crippen molar-refractivity contribution < 1.29 is 19.4 Å². The third-order valence-corrected chi connectivity index (χ3v) is 4.31. The lowest BCUT2D eigenvalue weighted by molar-refractivity contribution is 0.0699. The van der Waals surface area contributed by atoms with Gasteiger partial charge in [0, 0.05) is 11.9 Å². The molecule has 0 aliphatic heterocycles. The van der Waals surface area contributed by atoms with Crippen molar-refractivity contribution in [1.29, 1.82) is 0 Å². The fourth-order valence-electron chi connectivity index (χ4n) is 2.70. The quantitative estimate of drug-likeness (QED) is 0.757. The van der Waals surface area contributed by atoms with E-state index in [2.05, 4.69) is 0 Å². The van der Waals surface area contributed by atoms with Crippen molar-refractivity contribution in [3.63, 3.8) is 0 Å². The zero-order chi connectivity index (χ0) is 17.3. The van der Waals surface area contributed by atoms with Gasteiger partial charge in [-0.25, -0.2) is 4.79 Å². The van der Waals surface area contributed by atoms with E-state index in [1.807, 2.05) is 30.3 Å². The highest BCUT2D eigenvalue weighted by atomic mass is 35.5. The lowest BCUT2D eigenvalue weighted by Crippen LogP contribution is -2.01. The molecule has 1 N–H and O–H groups in total. The van der Waals surface area contributed by atoms with E-state index in [0.717, 1.165) is 16.8 Å². The summed E-state index contributed by atoms with van der Waals surface area (Å²) in [6, 6.07) is 12.8. The van der Waals surface area contributed by atoms with Crippen LogP contribution in [0.4, 0.5) is 0 Å². The summed E-state index contributed by atoms with van der Waals surface area (Å²) in [5, 5.41) is 10.3. The highest BCUT2D eigenvalue weighted by Crippen LogP contribution is 2.33. The van der Waals surface area contributed by atoms with Crippen molar-refractivity contribution >= 4 is 28.5 Å². The summed E-state index contributed by atoms with van der Waals surface area (Å²) in [6.45, 7) is 0.457. The van der Waals surface area contributed by atoms with E-state index in [-0.39, 0.29) is 10.7 Å². The van der Waals surface area contributed by atoms with Gasteiger partial charge < -0.3 is 19.1 Å². The van der Waals surface area contributed by atoms with Gasteiger partial charge in [-0.3, -0.25) is 0 Å². The SMILES string of the molecule is COc1ccc(Cn2c(Cl)c(C(=O)O)c3cc(OC)ccc32)cc1. The van der Waals surface area contributed by atoms with Crippen LogP contribution < -0.4 is 9.47 Å². The Morgan fingerprint density at radius 3 is 2.29 bits per heavy atom. The van der Waals surface area contributed by atoms with Gasteiger partial charge in [-0.15, -0.1) is 0 Å². The highest BCUT2D eigenvalue weighted by Gasteiger charge is 2.21. The van der Waals surface area contributed by atoms with Crippen LogP contribution in [-0.4, -0.2) is 29.9 Å². The second-order valence-corrected chi connectivity index (χ2v) is 5.65. The number of carbonyl (C=O) groups is 1. The Hall–Kier alpha value is -2.66. The standard InChI is InChI=1S/C18H16ClNO4/c1-23-12-5-3-11(4-6-12)10-20-15-8-7-13(24-2)9-14(15)16(17(20)19)18(21)22/h3-9H,10H2,1-2H3,(H,21,22). The summed E-state index contributed by atoms with van der Waals surface area (Å²) in [5.41, 5.74) is 1.82. The minimum Gasteiger partial charge on any atom is -0.497 e. The Morgan fingerprint density at radius 1 is 1.08 bits per heavy atom. The molecular weight excluding hydrogens is 330 g/mol. The van der Waals surface area contributed by atoms with Crippen LogP contribution >= 0.6 is 11.6 Å². The van der Waals surface area contributed by atoms with Gasteiger partial charge >= 0.3 is 5.97 Å². The van der Waals surface area contributed by atoms with E-state index >= 15 is 0 Å². The van der Waals surface area contributed by atoms with E-state index in [1.165, 1.54) is 7.11 Å². The van der Waals surface area contributed by atoms with Crippen LogP contribution in [0.2, 0.25) is 5.15 Å². The molecule has 5 nitrogen and oxygen atoms in total. The minimum absolute atomic E-state index is 0.0825. The van der Waals surface area contributed by atoms with E-state index in [0.29, 0.717) is 17.7 Å². The summed E-state index contributed by atoms with van der Waals surface area (Å²) < 4.78 is 12.1. The van der Waals surface area contributed by atoms with Gasteiger partial charge in [0.2, 0.25) is 0 Å². The molecule has 0 amide bonds. The Morgan fingerprint density at radius 2 is 1.71 bits per heavy atom. The number of benzene rings is 2. The number of rotatable bonds is 5. The summed E-state index contributed by atoms with van der Waals surface area (Å²) in [4.78, 5) is 11.6. The lowest BCUT2D eigenvalue weighted by Gasteiger charge is -2.09. The number of hydrogen-bond donors (Lipinski definition) is 1. The van der Waals surface area contributed by atoms with Crippen molar-refractivity contribution in [1.82, 2.24) is 4.57 Å². The zero-order valence-electron chi connectivity index (χ0n) is 13.2. The second kappa shape index (κ2) is 6.45. The minimum atomic E-state index is -1.06. The molecule has 0 spiro atoms. The maximum Gasteiger partial charge on any atom is 0.339 e. The zero-order valence-corrected chi connectivity index (χ0v) is 14.0. The van der Waals surface area contributed by atoms with Crippen LogP contribution in [0.3, 0.4) is 0 Å². The van der Waals surface area contributed by atoms with Crippen LogP contribution in [0.5, 0.6) is 11.5 Å². The number of hydrogen-bond acceptors (Lipinski definition) is 3. The van der Waals surface area contributed by atoms with Gasteiger partial charge in [-0.05, 0) is 35.9 Å². The average molecular weight is 346 g/mol. The van der Waals surface area contributed by atoms with Gasteiger partial charge in [-0.2, -0.15) is 0 Å². The number of carboxylic acids is 1. The summed E-state index contributed by atoms with van der Waals surface area (Å²) in [5.74, 6) is 0.285. The van der Waals surface area contributed by atoms with E-state index in [4.69, 9.17) is 21.1 Å². The van der Waals surface area contributed by atoms with Gasteiger partial charge in [-0.1, -0.05) is 23.7 Å². The largest absolute Gasteiger partial charge is 0.497 e. The average Bonchev–Trinajstić information content (AvgIpc) is 2.86. The smallest absolute Gasteiger partial charge is 0.339 e. The molecule has 0 saturated heterocycles. The molecule has 1 heterocycles. The van der Waals surface area contributed by atoms with Crippen LogP contribution in [-0.2, 0) is 6.54 Å². The molecule has 2 aromatic carbocycles. The summed E-state index contributed by atoms with van der Waals surface area (Å²) in [6.07, 6.45) is 0. The molecule has 0 atom stereocenters. The molecule has 0 radical (unpaired) electrons. The molecule has 24 heavy (non-hydrogen) atoms. The van der Waals surface area contributed by atoms with Crippen molar-refractivity contribution in [2.24, 2.45) is 0 Å². The first kappa shape index (κ1) is 16.2. The molecule has 0 saturated carbocycles. The maximum atomic E-state index is 11.6. The number of fused-ring (bicyclic) bond motifs is 1. The molecule has 0 fully saturated rings. The number of aromatic carboxylic acids is 1. The normalized spacial score (nSPS) is 10.8. The van der Waals surface area contributed by atoms with E-state index in [1.54, 1.807) is 23.8 Å². The number of aromatic nitrogens is 1. The number of carboxylic acid groups (broad SMARTS) is 1. The van der Waals surface area contributed by atoms with Crippen LogP contribution in [0.15, 0.2) is 42.5 Å². The Labute approximate surface area is 144 Å². The highest BCUT2D eigenvalue weighted by molar-refractivity contribution is 6.35. The van der Waals surface area contributed by atoms with E-state index < -0.39 is 5.97 Å². The van der Waals surface area contributed by atoms with Crippen molar-refractivity contribution in [2.45, 2.75) is 6.54 Å². The van der Waals surface area contributed by atoms with Gasteiger partial charge in [0.25, 0.3) is 0 Å². The van der Waals surface area contributed by atoms with Crippen molar-refractivity contribution in [3.05, 3.63) is 58.7 Å². The first-order valence-corrected chi connectivity index (χ1v) is 7.65. The fraction of sp³-hybridized carbons (Fsp3) is 0.167. The molecule has 3 rings (SSSR count). The third-order valence-electron chi connectivity index (χ3n) is 3.92. The monoisotopic (exact) mass is 345 g/mol. The second-order valence-electron chi connectivity index (χ2n) is 5.29. The molecule has 0 bridgehead atoms. The van der Waals surface area contributed by atoms with Crippen LogP contribution in [0, 0.1) is 0 Å². The molecule has 1 aromatic heterocycles. The van der Waals surface area contributed by atoms with Crippen LogP contribution in [0.1, 0.15) is 15.9 Å². The first-order chi connectivity index (χ1) is 11.5. The molecule has 3 aromatic rings. The van der Waals surface area contributed by atoms with E-state index in [9.17, 15) is 9.90 Å². The molecule has 6 heteroatoms. The summed E-state index contributed by atoms with van der Waals surface area (Å²) >= 11 is 6.37. The summed E-state index contributed by atoms with van der Waals surface area (Å²) in [7, 11) is 3.15. The Bertz CT molecular complexity index is 900. The fourth-order valence-corrected chi connectivity index (χ4v) is 3.03. The molecule has 0 aliphatic rings. The predicted octanol–water partition coefficient (Wildman–Crippen LogP) is 4.06. The molecular formula is C18H16ClNO4. The Kier molecular flexibility index (Phi) is 4.36. The van der Waals surface area contributed by atoms with Crippen molar-refractivity contribution in [2.75, 3.05) is 14.2 Å². The molecule has 124 valence electrons. The topological polar surface area (TPSA) is 60.7 Å². The predicted molar refractivity (Wildman–Crippen MR) is 92.6 cm³/mol. The maximum absolute atomic E-state index is 11.6. The Balaban J connectivity index is 2.12. The third kappa shape index (κ3) is 2.78. The lowest BCUT2D eigenvalue weighted by atomic mass is 10.1. The first-order valence-electron chi connectivity index (χ1n) is 7.27.